The fourth-order valence-corrected chi connectivity index (χ4v) is 2.52. The van der Waals surface area contributed by atoms with Crippen molar-refractivity contribution in [3.8, 4) is 0 Å². The SMILES string of the molecule is O=C(NC[C@H]1CCCCO1)c1ncsc1C(F)(F)F. The Bertz CT molecular complexity index is 441. The van der Waals surface area contributed by atoms with E-state index in [-0.39, 0.29) is 12.6 Å². The zero-order valence-electron chi connectivity index (χ0n) is 10.00. The number of aromatic nitrogens is 1. The van der Waals surface area contributed by atoms with Crippen LogP contribution >= 0.6 is 11.3 Å². The molecule has 1 aromatic rings. The van der Waals surface area contributed by atoms with Crippen LogP contribution in [-0.4, -0.2) is 30.1 Å². The van der Waals surface area contributed by atoms with Crippen LogP contribution in [0.15, 0.2) is 5.51 Å². The Labute approximate surface area is 112 Å². The molecule has 1 N–H and O–H groups in total. The van der Waals surface area contributed by atoms with Gasteiger partial charge in [0.2, 0.25) is 0 Å². The van der Waals surface area contributed by atoms with Gasteiger partial charge in [-0.3, -0.25) is 4.79 Å². The Hall–Kier alpha value is -1.15. The third-order valence-electron chi connectivity index (χ3n) is 2.80. The fourth-order valence-electron chi connectivity index (χ4n) is 1.87. The number of amides is 1. The molecule has 1 amide bonds. The van der Waals surface area contributed by atoms with Gasteiger partial charge in [-0.15, -0.1) is 11.3 Å². The summed E-state index contributed by atoms with van der Waals surface area (Å²) in [6.45, 7) is 0.846. The summed E-state index contributed by atoms with van der Waals surface area (Å²) >= 11 is 0.418. The van der Waals surface area contributed by atoms with E-state index in [0.717, 1.165) is 24.8 Å². The van der Waals surface area contributed by atoms with Gasteiger partial charge in [-0.05, 0) is 19.3 Å². The predicted octanol–water partition coefficient (Wildman–Crippen LogP) is 2.46. The molecule has 1 atom stereocenters. The van der Waals surface area contributed by atoms with Crippen LogP contribution in [0, 0.1) is 0 Å². The molecule has 8 heteroatoms. The molecular weight excluding hydrogens is 281 g/mol. The monoisotopic (exact) mass is 294 g/mol. The number of hydrogen-bond donors (Lipinski definition) is 1. The topological polar surface area (TPSA) is 51.2 Å². The number of carbonyl (C=O) groups excluding carboxylic acids is 1. The molecule has 0 spiro atoms. The minimum Gasteiger partial charge on any atom is -0.376 e. The van der Waals surface area contributed by atoms with E-state index in [0.29, 0.717) is 17.9 Å². The molecule has 0 aliphatic carbocycles. The quantitative estimate of drug-likeness (QED) is 0.931. The summed E-state index contributed by atoms with van der Waals surface area (Å²) in [7, 11) is 0. The normalized spacial score (nSPS) is 20.3. The lowest BCUT2D eigenvalue weighted by Crippen LogP contribution is -2.36. The van der Waals surface area contributed by atoms with E-state index < -0.39 is 22.7 Å². The van der Waals surface area contributed by atoms with Crippen LogP contribution in [0.4, 0.5) is 13.2 Å². The van der Waals surface area contributed by atoms with E-state index in [1.54, 1.807) is 0 Å². The van der Waals surface area contributed by atoms with Crippen molar-refractivity contribution >= 4 is 17.2 Å². The first-order chi connectivity index (χ1) is 8.98. The average molecular weight is 294 g/mol. The standard InChI is InChI=1S/C11H13F3N2O2S/c12-11(13,14)9-8(16-6-19-9)10(17)15-5-7-3-1-2-4-18-7/h6-7H,1-5H2,(H,15,17)/t7-/m1/s1. The largest absolute Gasteiger partial charge is 0.427 e. The van der Waals surface area contributed by atoms with Crippen molar-refractivity contribution in [3.63, 3.8) is 0 Å². The molecule has 0 unspecified atom stereocenters. The first-order valence-corrected chi connectivity index (χ1v) is 6.77. The molecule has 106 valence electrons. The predicted molar refractivity (Wildman–Crippen MR) is 63.0 cm³/mol. The van der Waals surface area contributed by atoms with Crippen molar-refractivity contribution < 1.29 is 22.7 Å². The van der Waals surface area contributed by atoms with Crippen LogP contribution in [0.3, 0.4) is 0 Å². The van der Waals surface area contributed by atoms with Crippen molar-refractivity contribution in [2.75, 3.05) is 13.2 Å². The number of thiazole rings is 1. The van der Waals surface area contributed by atoms with Crippen LogP contribution in [0.1, 0.15) is 34.6 Å². The van der Waals surface area contributed by atoms with E-state index >= 15 is 0 Å². The maximum Gasteiger partial charge on any atom is 0.427 e. The summed E-state index contributed by atoms with van der Waals surface area (Å²) in [5.41, 5.74) is 0.461. The first-order valence-electron chi connectivity index (χ1n) is 5.89. The lowest BCUT2D eigenvalue weighted by atomic mass is 10.1. The molecule has 2 rings (SSSR count). The molecule has 19 heavy (non-hydrogen) atoms. The zero-order valence-corrected chi connectivity index (χ0v) is 10.8. The second kappa shape index (κ2) is 5.87. The van der Waals surface area contributed by atoms with Gasteiger partial charge in [-0.25, -0.2) is 4.98 Å². The van der Waals surface area contributed by atoms with Gasteiger partial charge >= 0.3 is 6.18 Å². The maximum atomic E-state index is 12.6. The van der Waals surface area contributed by atoms with Crippen molar-refractivity contribution in [1.82, 2.24) is 10.3 Å². The van der Waals surface area contributed by atoms with Gasteiger partial charge in [0, 0.05) is 13.2 Å². The van der Waals surface area contributed by atoms with E-state index in [1.165, 1.54) is 0 Å². The van der Waals surface area contributed by atoms with Crippen molar-refractivity contribution in [3.05, 3.63) is 16.1 Å². The van der Waals surface area contributed by atoms with E-state index in [1.807, 2.05) is 0 Å². The minimum atomic E-state index is -4.55. The Morgan fingerprint density at radius 1 is 1.53 bits per heavy atom. The van der Waals surface area contributed by atoms with Gasteiger partial charge < -0.3 is 10.1 Å². The smallest absolute Gasteiger partial charge is 0.376 e. The van der Waals surface area contributed by atoms with Crippen LogP contribution in [0.2, 0.25) is 0 Å². The fraction of sp³-hybridized carbons (Fsp3) is 0.636. The van der Waals surface area contributed by atoms with Crippen molar-refractivity contribution in [2.45, 2.75) is 31.5 Å². The molecule has 2 heterocycles. The number of halogens is 3. The van der Waals surface area contributed by atoms with Crippen LogP contribution in [0.25, 0.3) is 0 Å². The van der Waals surface area contributed by atoms with Crippen molar-refractivity contribution in [2.24, 2.45) is 0 Å². The van der Waals surface area contributed by atoms with Gasteiger partial charge in [0.25, 0.3) is 5.91 Å². The maximum absolute atomic E-state index is 12.6. The molecule has 1 saturated heterocycles. The third kappa shape index (κ3) is 3.66. The van der Waals surface area contributed by atoms with Gasteiger partial charge in [0.1, 0.15) is 4.88 Å². The van der Waals surface area contributed by atoms with Crippen molar-refractivity contribution in [1.29, 1.82) is 0 Å². The summed E-state index contributed by atoms with van der Waals surface area (Å²) in [6, 6.07) is 0. The van der Waals surface area contributed by atoms with E-state index in [9.17, 15) is 18.0 Å². The second-order valence-corrected chi connectivity index (χ2v) is 5.08. The molecule has 1 aromatic heterocycles. The summed E-state index contributed by atoms with van der Waals surface area (Å²) in [6.07, 6.45) is -1.87. The number of ether oxygens (including phenoxy) is 1. The Balaban J connectivity index is 1.94. The number of nitrogens with zero attached hydrogens (tertiary/aromatic N) is 1. The van der Waals surface area contributed by atoms with Gasteiger partial charge in [0.05, 0.1) is 11.6 Å². The summed E-state index contributed by atoms with van der Waals surface area (Å²) in [4.78, 5) is 14.2. The molecule has 0 aromatic carbocycles. The Kier molecular flexibility index (Phi) is 4.41. The highest BCUT2D eigenvalue weighted by Crippen LogP contribution is 2.34. The lowest BCUT2D eigenvalue weighted by Gasteiger charge is -2.22. The van der Waals surface area contributed by atoms with Crippen LogP contribution in [-0.2, 0) is 10.9 Å². The molecular formula is C11H13F3N2O2S. The first kappa shape index (κ1) is 14.3. The summed E-state index contributed by atoms with van der Waals surface area (Å²) in [5.74, 6) is -0.803. The Morgan fingerprint density at radius 2 is 2.32 bits per heavy atom. The molecule has 1 fully saturated rings. The number of alkyl halides is 3. The van der Waals surface area contributed by atoms with Gasteiger partial charge in [-0.1, -0.05) is 0 Å². The molecule has 0 radical (unpaired) electrons. The van der Waals surface area contributed by atoms with Gasteiger partial charge in [-0.2, -0.15) is 13.2 Å². The molecule has 0 bridgehead atoms. The average Bonchev–Trinajstić information content (AvgIpc) is 2.86. The Morgan fingerprint density at radius 3 is 2.95 bits per heavy atom. The molecule has 1 aliphatic rings. The zero-order chi connectivity index (χ0) is 13.9. The highest BCUT2D eigenvalue weighted by molar-refractivity contribution is 7.10. The third-order valence-corrected chi connectivity index (χ3v) is 3.68. The molecule has 1 aliphatic heterocycles. The minimum absolute atomic E-state index is 0.120. The van der Waals surface area contributed by atoms with Crippen LogP contribution < -0.4 is 5.32 Å². The molecule has 0 saturated carbocycles. The number of nitrogens with one attached hydrogen (secondary N) is 1. The highest BCUT2D eigenvalue weighted by Gasteiger charge is 2.38. The van der Waals surface area contributed by atoms with E-state index in [4.69, 9.17) is 4.74 Å². The highest BCUT2D eigenvalue weighted by atomic mass is 32.1. The number of rotatable bonds is 3. The van der Waals surface area contributed by atoms with E-state index in [2.05, 4.69) is 10.3 Å². The van der Waals surface area contributed by atoms with Gasteiger partial charge in [0.15, 0.2) is 5.69 Å². The van der Waals surface area contributed by atoms with Crippen LogP contribution in [0.5, 0.6) is 0 Å². The second-order valence-electron chi connectivity index (χ2n) is 4.23. The summed E-state index contributed by atoms with van der Waals surface area (Å²) < 4.78 is 43.2. The lowest BCUT2D eigenvalue weighted by molar-refractivity contribution is -0.134. The molecule has 4 nitrogen and oxygen atoms in total. The summed E-state index contributed by atoms with van der Waals surface area (Å²) in [5, 5.41) is 2.45. The number of hydrogen-bond acceptors (Lipinski definition) is 4. The number of carbonyl (C=O) groups is 1.